The maximum atomic E-state index is 3.84. The van der Waals surface area contributed by atoms with Crippen molar-refractivity contribution in [2.24, 2.45) is 0 Å². The predicted molar refractivity (Wildman–Crippen MR) is 75.0 cm³/mol. The lowest BCUT2D eigenvalue weighted by molar-refractivity contribution is 1.14. The topological polar surface area (TPSA) is 12.0 Å². The molecule has 0 amide bonds. The lowest BCUT2D eigenvalue weighted by atomic mass is 10.1. The summed E-state index contributed by atoms with van der Waals surface area (Å²) in [5.74, 6) is 0. The molecule has 2 rings (SSSR count). The van der Waals surface area contributed by atoms with Gasteiger partial charge in [-0.25, -0.2) is 0 Å². The molecule has 2 aromatic rings. The molecule has 1 nitrogen and oxygen atoms in total. The monoisotopic (exact) mass is 223 g/mol. The quantitative estimate of drug-likeness (QED) is 0.817. The molecule has 0 aromatic heterocycles. The van der Waals surface area contributed by atoms with Crippen LogP contribution in [0.3, 0.4) is 0 Å². The normalized spacial score (nSPS) is 9.94. The van der Waals surface area contributed by atoms with Gasteiger partial charge in [0.1, 0.15) is 0 Å². The van der Waals surface area contributed by atoms with Crippen LogP contribution in [0, 0.1) is 6.92 Å². The van der Waals surface area contributed by atoms with Gasteiger partial charge >= 0.3 is 0 Å². The fourth-order valence-electron chi connectivity index (χ4n) is 1.79. The van der Waals surface area contributed by atoms with E-state index in [1.807, 2.05) is 12.1 Å². The van der Waals surface area contributed by atoms with Gasteiger partial charge < -0.3 is 5.32 Å². The van der Waals surface area contributed by atoms with Crippen LogP contribution in [0.2, 0.25) is 0 Å². The van der Waals surface area contributed by atoms with Gasteiger partial charge in [0.05, 0.1) is 0 Å². The highest BCUT2D eigenvalue weighted by Gasteiger charge is 1.99. The molecule has 2 aromatic carbocycles. The molecule has 0 saturated heterocycles. The van der Waals surface area contributed by atoms with Crippen molar-refractivity contribution in [2.45, 2.75) is 13.5 Å². The number of aryl methyl sites for hydroxylation is 1. The molecule has 86 valence electrons. The van der Waals surface area contributed by atoms with Crippen molar-refractivity contribution in [1.29, 1.82) is 0 Å². The number of rotatable bonds is 4. The second-order valence-electron chi connectivity index (χ2n) is 4.13. The van der Waals surface area contributed by atoms with E-state index in [0.29, 0.717) is 0 Å². The zero-order valence-corrected chi connectivity index (χ0v) is 10.1. The van der Waals surface area contributed by atoms with Gasteiger partial charge in [-0.2, -0.15) is 0 Å². The summed E-state index contributed by atoms with van der Waals surface area (Å²) in [4.78, 5) is 0. The van der Waals surface area contributed by atoms with Crippen LogP contribution in [0.25, 0.3) is 6.08 Å². The smallest absolute Gasteiger partial charge is 0.0418 e. The van der Waals surface area contributed by atoms with Crippen LogP contribution in [0.1, 0.15) is 16.7 Å². The zero-order chi connectivity index (χ0) is 12.1. The Labute approximate surface area is 103 Å². The number of nitrogens with one attached hydrogen (secondary N) is 1. The van der Waals surface area contributed by atoms with Crippen LogP contribution in [0.5, 0.6) is 0 Å². The molecule has 0 spiro atoms. The van der Waals surface area contributed by atoms with E-state index < -0.39 is 0 Å². The van der Waals surface area contributed by atoms with Gasteiger partial charge in [0.15, 0.2) is 0 Å². The van der Waals surface area contributed by atoms with Crippen molar-refractivity contribution in [3.63, 3.8) is 0 Å². The highest BCUT2D eigenvalue weighted by atomic mass is 14.9. The first kappa shape index (κ1) is 11.5. The molecule has 0 aliphatic carbocycles. The highest BCUT2D eigenvalue weighted by Crippen LogP contribution is 2.19. The van der Waals surface area contributed by atoms with Gasteiger partial charge in [0.2, 0.25) is 0 Å². The molecule has 0 atom stereocenters. The molecule has 0 saturated carbocycles. The Bertz CT molecular complexity index is 500. The van der Waals surface area contributed by atoms with E-state index >= 15 is 0 Å². The van der Waals surface area contributed by atoms with Crippen LogP contribution in [0.15, 0.2) is 55.1 Å². The molecule has 0 bridgehead atoms. The minimum absolute atomic E-state index is 0.838. The third kappa shape index (κ3) is 2.97. The van der Waals surface area contributed by atoms with Gasteiger partial charge in [-0.15, -0.1) is 0 Å². The van der Waals surface area contributed by atoms with E-state index in [0.717, 1.165) is 17.8 Å². The lowest BCUT2D eigenvalue weighted by Crippen LogP contribution is -2.01. The molecule has 0 aliphatic rings. The van der Waals surface area contributed by atoms with Gasteiger partial charge in [-0.1, -0.05) is 55.1 Å². The summed E-state index contributed by atoms with van der Waals surface area (Å²) in [6.45, 7) is 6.77. The lowest BCUT2D eigenvalue weighted by Gasteiger charge is -2.10. The maximum absolute atomic E-state index is 3.84. The Morgan fingerprint density at radius 2 is 1.88 bits per heavy atom. The SMILES string of the molecule is C=Cc1ccc(C)cc1NCc1ccccc1. The predicted octanol–water partition coefficient (Wildman–Crippen LogP) is 4.25. The summed E-state index contributed by atoms with van der Waals surface area (Å²) >= 11 is 0. The summed E-state index contributed by atoms with van der Waals surface area (Å²) in [6.07, 6.45) is 1.88. The molecule has 1 N–H and O–H groups in total. The average Bonchev–Trinajstić information content (AvgIpc) is 2.38. The van der Waals surface area contributed by atoms with E-state index in [1.54, 1.807) is 0 Å². The van der Waals surface area contributed by atoms with E-state index in [2.05, 4.69) is 61.3 Å². The van der Waals surface area contributed by atoms with Crippen LogP contribution in [-0.4, -0.2) is 0 Å². The van der Waals surface area contributed by atoms with E-state index in [9.17, 15) is 0 Å². The molecular weight excluding hydrogens is 206 g/mol. The number of hydrogen-bond donors (Lipinski definition) is 1. The van der Waals surface area contributed by atoms with Crippen molar-refractivity contribution >= 4 is 11.8 Å². The van der Waals surface area contributed by atoms with Crippen molar-refractivity contribution in [2.75, 3.05) is 5.32 Å². The number of benzene rings is 2. The van der Waals surface area contributed by atoms with Gasteiger partial charge in [-0.05, 0) is 29.7 Å². The minimum Gasteiger partial charge on any atom is -0.380 e. The number of hydrogen-bond acceptors (Lipinski definition) is 1. The molecule has 0 fully saturated rings. The first-order valence-electron chi connectivity index (χ1n) is 5.80. The number of anilines is 1. The summed E-state index contributed by atoms with van der Waals surface area (Å²) < 4.78 is 0. The molecule has 0 heterocycles. The fourth-order valence-corrected chi connectivity index (χ4v) is 1.79. The van der Waals surface area contributed by atoms with Crippen molar-refractivity contribution in [3.05, 3.63) is 71.8 Å². The first-order valence-corrected chi connectivity index (χ1v) is 5.80. The summed E-state index contributed by atoms with van der Waals surface area (Å²) in [7, 11) is 0. The van der Waals surface area contributed by atoms with Crippen molar-refractivity contribution < 1.29 is 0 Å². The second-order valence-corrected chi connectivity index (χ2v) is 4.13. The Morgan fingerprint density at radius 1 is 1.12 bits per heavy atom. The molecule has 17 heavy (non-hydrogen) atoms. The first-order chi connectivity index (χ1) is 8.29. The van der Waals surface area contributed by atoms with Crippen molar-refractivity contribution in [1.82, 2.24) is 0 Å². The third-order valence-corrected chi connectivity index (χ3v) is 2.75. The van der Waals surface area contributed by atoms with E-state index in [4.69, 9.17) is 0 Å². The third-order valence-electron chi connectivity index (χ3n) is 2.75. The van der Waals surface area contributed by atoms with Crippen LogP contribution < -0.4 is 5.32 Å². The van der Waals surface area contributed by atoms with Crippen LogP contribution >= 0.6 is 0 Å². The average molecular weight is 223 g/mol. The van der Waals surface area contributed by atoms with Gasteiger partial charge in [-0.3, -0.25) is 0 Å². The Morgan fingerprint density at radius 3 is 2.59 bits per heavy atom. The molecule has 0 aliphatic heterocycles. The van der Waals surface area contributed by atoms with E-state index in [-0.39, 0.29) is 0 Å². The largest absolute Gasteiger partial charge is 0.380 e. The van der Waals surface area contributed by atoms with Crippen molar-refractivity contribution in [3.8, 4) is 0 Å². The minimum atomic E-state index is 0.838. The molecule has 0 radical (unpaired) electrons. The maximum Gasteiger partial charge on any atom is 0.0418 e. The molecule has 1 heteroatoms. The summed E-state index contributed by atoms with van der Waals surface area (Å²) in [6, 6.07) is 16.7. The van der Waals surface area contributed by atoms with Crippen LogP contribution in [0.4, 0.5) is 5.69 Å². The zero-order valence-electron chi connectivity index (χ0n) is 10.1. The Kier molecular flexibility index (Phi) is 3.61. The summed E-state index contributed by atoms with van der Waals surface area (Å²) in [5, 5.41) is 3.45. The standard InChI is InChI=1S/C16H17N/c1-3-15-10-9-13(2)11-16(15)17-12-14-7-5-4-6-8-14/h3-11,17H,1,12H2,2H3. The van der Waals surface area contributed by atoms with Gasteiger partial charge in [0, 0.05) is 12.2 Å². The van der Waals surface area contributed by atoms with Gasteiger partial charge in [0.25, 0.3) is 0 Å². The highest BCUT2D eigenvalue weighted by molar-refractivity contribution is 5.66. The summed E-state index contributed by atoms with van der Waals surface area (Å²) in [5.41, 5.74) is 4.82. The molecular formula is C16H17N. The Balaban J connectivity index is 2.13. The van der Waals surface area contributed by atoms with Crippen LogP contribution in [-0.2, 0) is 6.54 Å². The Hall–Kier alpha value is -2.02. The van der Waals surface area contributed by atoms with E-state index in [1.165, 1.54) is 11.1 Å². The molecule has 0 unspecified atom stereocenters. The second kappa shape index (κ2) is 5.35. The fraction of sp³-hybridized carbons (Fsp3) is 0.125.